The van der Waals surface area contributed by atoms with Crippen molar-refractivity contribution in [2.45, 2.75) is 76.9 Å². The van der Waals surface area contributed by atoms with Gasteiger partial charge in [-0.05, 0) is 32.1 Å². The van der Waals surface area contributed by atoms with Gasteiger partial charge in [-0.25, -0.2) is 0 Å². The largest absolute Gasteiger partial charge is 0.378 e. The van der Waals surface area contributed by atoms with Crippen molar-refractivity contribution in [3.05, 3.63) is 0 Å². The molecule has 1 fully saturated rings. The quantitative estimate of drug-likeness (QED) is 0.381. The molecule has 2 atom stereocenters. The molecule has 2 unspecified atom stereocenters. The summed E-state index contributed by atoms with van der Waals surface area (Å²) in [6.45, 7) is 3.19. The molecule has 0 spiro atoms. The first-order valence-corrected chi connectivity index (χ1v) is 6.94. The molecule has 0 radical (unpaired) electrons. The molecule has 96 valence electrons. The van der Waals surface area contributed by atoms with Gasteiger partial charge in [-0.15, -0.1) is 0 Å². The van der Waals surface area contributed by atoms with Crippen LogP contribution >= 0.6 is 0 Å². The molecule has 0 aromatic carbocycles. The zero-order valence-electron chi connectivity index (χ0n) is 10.7. The number of hydrogen-bond donors (Lipinski definition) is 2. The number of rotatable bonds is 8. The molecule has 0 bridgehead atoms. The van der Waals surface area contributed by atoms with Crippen LogP contribution in [0.2, 0.25) is 0 Å². The average molecular weight is 228 g/mol. The number of ether oxygens (including phenoxy) is 1. The van der Waals surface area contributed by atoms with Gasteiger partial charge < -0.3 is 4.74 Å². The van der Waals surface area contributed by atoms with Gasteiger partial charge in [0.1, 0.15) is 0 Å². The molecule has 1 rings (SSSR count). The smallest absolute Gasteiger partial charge is 0.0590 e. The highest BCUT2D eigenvalue weighted by atomic mass is 16.5. The van der Waals surface area contributed by atoms with Gasteiger partial charge in [0.15, 0.2) is 0 Å². The summed E-state index contributed by atoms with van der Waals surface area (Å²) in [6.07, 6.45) is 11.7. The second-order valence-corrected chi connectivity index (χ2v) is 4.94. The minimum atomic E-state index is 0.444. The lowest BCUT2D eigenvalue weighted by Gasteiger charge is -2.26. The second-order valence-electron chi connectivity index (χ2n) is 4.94. The van der Waals surface area contributed by atoms with Crippen molar-refractivity contribution in [1.82, 2.24) is 5.43 Å². The van der Waals surface area contributed by atoms with Gasteiger partial charge in [-0.3, -0.25) is 11.3 Å². The molecule has 0 aliphatic carbocycles. The maximum Gasteiger partial charge on any atom is 0.0590 e. The van der Waals surface area contributed by atoms with Gasteiger partial charge in [-0.2, -0.15) is 0 Å². The van der Waals surface area contributed by atoms with E-state index in [2.05, 4.69) is 12.3 Å². The van der Waals surface area contributed by atoms with Crippen LogP contribution in [0.4, 0.5) is 0 Å². The molecule has 0 aromatic heterocycles. The Morgan fingerprint density at radius 3 is 2.81 bits per heavy atom. The van der Waals surface area contributed by atoms with Crippen LogP contribution in [0, 0.1) is 0 Å². The maximum absolute atomic E-state index is 5.74. The molecule has 0 aromatic rings. The summed E-state index contributed by atoms with van der Waals surface area (Å²) >= 11 is 0. The third-order valence-electron chi connectivity index (χ3n) is 3.46. The fourth-order valence-electron chi connectivity index (χ4n) is 2.40. The monoisotopic (exact) mass is 228 g/mol. The molecule has 1 aliphatic heterocycles. The zero-order valence-corrected chi connectivity index (χ0v) is 10.7. The molecule has 0 amide bonds. The van der Waals surface area contributed by atoms with Crippen LogP contribution in [-0.4, -0.2) is 18.8 Å². The Balaban J connectivity index is 2.09. The Morgan fingerprint density at radius 1 is 1.31 bits per heavy atom. The number of hydrogen-bond acceptors (Lipinski definition) is 3. The summed E-state index contributed by atoms with van der Waals surface area (Å²) in [4.78, 5) is 0. The predicted octanol–water partition coefficient (Wildman–Crippen LogP) is 2.75. The highest BCUT2D eigenvalue weighted by molar-refractivity contribution is 4.72. The van der Waals surface area contributed by atoms with Crippen molar-refractivity contribution >= 4 is 0 Å². The van der Waals surface area contributed by atoms with Gasteiger partial charge in [0.25, 0.3) is 0 Å². The molecular formula is C13H28N2O. The Morgan fingerprint density at radius 2 is 2.19 bits per heavy atom. The van der Waals surface area contributed by atoms with Crippen LogP contribution in [-0.2, 0) is 4.74 Å². The van der Waals surface area contributed by atoms with Gasteiger partial charge in [0.05, 0.1) is 6.10 Å². The minimum Gasteiger partial charge on any atom is -0.378 e. The van der Waals surface area contributed by atoms with Crippen LogP contribution < -0.4 is 11.3 Å². The van der Waals surface area contributed by atoms with Gasteiger partial charge in [0, 0.05) is 12.6 Å². The molecule has 16 heavy (non-hydrogen) atoms. The summed E-state index contributed by atoms with van der Waals surface area (Å²) in [6, 6.07) is 0.444. The number of nitrogens with one attached hydrogen (secondary N) is 1. The van der Waals surface area contributed by atoms with Crippen molar-refractivity contribution in [3.63, 3.8) is 0 Å². The van der Waals surface area contributed by atoms with E-state index in [0.717, 1.165) is 13.0 Å². The van der Waals surface area contributed by atoms with E-state index in [1.165, 1.54) is 51.4 Å². The zero-order chi connectivity index (χ0) is 11.6. The van der Waals surface area contributed by atoms with E-state index in [4.69, 9.17) is 10.6 Å². The van der Waals surface area contributed by atoms with Crippen molar-refractivity contribution in [2.75, 3.05) is 6.61 Å². The van der Waals surface area contributed by atoms with Crippen LogP contribution in [0.15, 0.2) is 0 Å². The third kappa shape index (κ3) is 5.83. The first-order chi connectivity index (χ1) is 7.86. The summed E-state index contributed by atoms with van der Waals surface area (Å²) in [5, 5.41) is 0. The van der Waals surface area contributed by atoms with Crippen LogP contribution in [0.5, 0.6) is 0 Å². The molecular weight excluding hydrogens is 200 g/mol. The summed E-state index contributed by atoms with van der Waals surface area (Å²) < 4.78 is 5.74. The van der Waals surface area contributed by atoms with E-state index in [0.29, 0.717) is 12.1 Å². The first kappa shape index (κ1) is 13.9. The van der Waals surface area contributed by atoms with E-state index in [-0.39, 0.29) is 0 Å². The molecule has 1 aliphatic rings. The fraction of sp³-hybridized carbons (Fsp3) is 1.00. The summed E-state index contributed by atoms with van der Waals surface area (Å²) in [5.41, 5.74) is 2.95. The number of hydrazine groups is 1. The summed E-state index contributed by atoms with van der Waals surface area (Å²) in [7, 11) is 0. The average Bonchev–Trinajstić information content (AvgIpc) is 2.34. The highest BCUT2D eigenvalue weighted by Gasteiger charge is 2.18. The van der Waals surface area contributed by atoms with E-state index in [1.54, 1.807) is 0 Å². The Bertz CT molecular complexity index is 158. The lowest BCUT2D eigenvalue weighted by molar-refractivity contribution is 0.00455. The normalized spacial score (nSPS) is 23.2. The van der Waals surface area contributed by atoms with Crippen molar-refractivity contribution in [1.29, 1.82) is 0 Å². The Hall–Kier alpha value is -0.120. The predicted molar refractivity (Wildman–Crippen MR) is 68.1 cm³/mol. The molecule has 3 N–H and O–H groups in total. The number of nitrogens with two attached hydrogens (primary N) is 1. The Labute approximate surface area is 100 Å². The van der Waals surface area contributed by atoms with Crippen molar-refractivity contribution in [3.8, 4) is 0 Å². The van der Waals surface area contributed by atoms with Gasteiger partial charge in [-0.1, -0.05) is 32.6 Å². The lowest BCUT2D eigenvalue weighted by atomic mass is 9.98. The second kappa shape index (κ2) is 8.97. The van der Waals surface area contributed by atoms with E-state index < -0.39 is 0 Å². The fourth-order valence-corrected chi connectivity index (χ4v) is 2.40. The minimum absolute atomic E-state index is 0.444. The highest BCUT2D eigenvalue weighted by Crippen LogP contribution is 2.19. The van der Waals surface area contributed by atoms with Crippen LogP contribution in [0.3, 0.4) is 0 Å². The lowest BCUT2D eigenvalue weighted by Crippen LogP contribution is -2.39. The molecule has 3 heteroatoms. The van der Waals surface area contributed by atoms with E-state index >= 15 is 0 Å². The topological polar surface area (TPSA) is 47.3 Å². The van der Waals surface area contributed by atoms with Gasteiger partial charge in [0.2, 0.25) is 0 Å². The van der Waals surface area contributed by atoms with Crippen molar-refractivity contribution in [2.24, 2.45) is 5.84 Å². The van der Waals surface area contributed by atoms with Crippen molar-refractivity contribution < 1.29 is 4.74 Å². The third-order valence-corrected chi connectivity index (χ3v) is 3.46. The molecule has 1 saturated heterocycles. The van der Waals surface area contributed by atoms with E-state index in [9.17, 15) is 0 Å². The maximum atomic E-state index is 5.74. The standard InChI is InChI=1S/C13H28N2O/c1-2-3-4-5-8-12(15-14)11-13-9-6-7-10-16-13/h12-13,15H,2-11,14H2,1H3. The Kier molecular flexibility index (Phi) is 7.81. The SMILES string of the molecule is CCCCCCC(CC1CCCCO1)NN. The summed E-state index contributed by atoms with van der Waals surface area (Å²) in [5.74, 6) is 5.60. The molecule has 3 nitrogen and oxygen atoms in total. The number of unbranched alkanes of at least 4 members (excludes halogenated alkanes) is 3. The van der Waals surface area contributed by atoms with Gasteiger partial charge >= 0.3 is 0 Å². The first-order valence-electron chi connectivity index (χ1n) is 6.94. The molecule has 0 saturated carbocycles. The van der Waals surface area contributed by atoms with Crippen LogP contribution in [0.1, 0.15) is 64.7 Å². The van der Waals surface area contributed by atoms with Crippen LogP contribution in [0.25, 0.3) is 0 Å². The van der Waals surface area contributed by atoms with E-state index in [1.807, 2.05) is 0 Å². The molecule has 1 heterocycles.